The van der Waals surface area contributed by atoms with Crippen molar-refractivity contribution in [1.29, 1.82) is 0 Å². The van der Waals surface area contributed by atoms with E-state index in [-0.39, 0.29) is 11.3 Å². The summed E-state index contributed by atoms with van der Waals surface area (Å²) in [6.45, 7) is 0. The molecule has 0 spiro atoms. The molecule has 0 unspecified atom stereocenters. The second-order valence-corrected chi connectivity index (χ2v) is 7.87. The zero-order valence-electron chi connectivity index (χ0n) is 17.3. The van der Waals surface area contributed by atoms with E-state index in [0.29, 0.717) is 28.3 Å². The lowest BCUT2D eigenvalue weighted by Crippen LogP contribution is -2.25. The van der Waals surface area contributed by atoms with Crippen LogP contribution in [0.25, 0.3) is 11.4 Å². The van der Waals surface area contributed by atoms with Crippen LogP contribution < -0.4 is 15.6 Å². The van der Waals surface area contributed by atoms with E-state index in [1.165, 1.54) is 4.68 Å². The van der Waals surface area contributed by atoms with Crippen molar-refractivity contribution in [2.24, 2.45) is 0 Å². The van der Waals surface area contributed by atoms with Gasteiger partial charge in [-0.25, -0.2) is 4.68 Å². The first-order valence-corrected chi connectivity index (χ1v) is 10.4. The number of carbonyl (C=O) groups is 1. The van der Waals surface area contributed by atoms with Crippen molar-refractivity contribution < 1.29 is 9.53 Å². The minimum Gasteiger partial charge on any atom is -0.497 e. The number of nitrogens with one attached hydrogen (secondary N) is 2. The molecule has 0 amide bonds. The summed E-state index contributed by atoms with van der Waals surface area (Å²) in [5.41, 5.74) is 4.70. The predicted octanol–water partition coefficient (Wildman–Crippen LogP) is 4.34. The van der Waals surface area contributed by atoms with Crippen molar-refractivity contribution in [3.05, 3.63) is 117 Å². The number of allylic oxidation sites excluding steroid dienone is 1. The highest BCUT2D eigenvalue weighted by molar-refractivity contribution is 6.23. The lowest BCUT2D eigenvalue weighted by Gasteiger charge is -2.25. The Morgan fingerprint density at radius 1 is 0.875 bits per heavy atom. The molecule has 6 rings (SSSR count). The van der Waals surface area contributed by atoms with Gasteiger partial charge >= 0.3 is 0 Å². The molecule has 4 aromatic rings. The third-order valence-electron chi connectivity index (χ3n) is 6.15. The van der Waals surface area contributed by atoms with Crippen LogP contribution in [0.15, 0.2) is 89.2 Å². The number of hydrogen-bond donors (Lipinski definition) is 2. The molecule has 6 nitrogen and oxygen atoms in total. The van der Waals surface area contributed by atoms with Gasteiger partial charge in [0.25, 0.3) is 5.56 Å². The number of rotatable bonds is 3. The molecule has 32 heavy (non-hydrogen) atoms. The standard InChI is InChI=1S/C26H19N3O3/c1-32-17-11-7-8-15(14-17)20-21-23(18-12-5-6-13-19(18)24(21)30)27-25-22(20)26(31)29(28-25)16-9-3-2-4-10-16/h2-14,20,27-28H,1H3/t20-/m1/s1. The molecule has 1 aliphatic carbocycles. The number of methoxy groups -OCH3 is 1. The lowest BCUT2D eigenvalue weighted by atomic mass is 9.82. The average Bonchev–Trinajstić information content (AvgIpc) is 3.33. The number of carbonyl (C=O) groups excluding carboxylic acids is 1. The third kappa shape index (κ3) is 2.53. The molecule has 3 aromatic carbocycles. The number of H-pyrrole nitrogens is 1. The average molecular weight is 421 g/mol. The number of Topliss-reactive ketones (excluding diaryl/α,β-unsaturated/α-hetero) is 1. The molecule has 0 saturated carbocycles. The smallest absolute Gasteiger partial charge is 0.277 e. The zero-order valence-corrected chi connectivity index (χ0v) is 17.3. The second kappa shape index (κ2) is 6.85. The van der Waals surface area contributed by atoms with E-state index in [9.17, 15) is 9.59 Å². The number of fused-ring (bicyclic) bond motifs is 3. The number of nitrogens with zero attached hydrogens (tertiary/aromatic N) is 1. The molecule has 2 N–H and O–H groups in total. The minimum atomic E-state index is -0.523. The summed E-state index contributed by atoms with van der Waals surface area (Å²) < 4.78 is 6.95. The van der Waals surface area contributed by atoms with Crippen molar-refractivity contribution in [1.82, 2.24) is 9.78 Å². The normalized spacial score (nSPS) is 16.3. The predicted molar refractivity (Wildman–Crippen MR) is 123 cm³/mol. The summed E-state index contributed by atoms with van der Waals surface area (Å²) in [5.74, 6) is 0.680. The van der Waals surface area contributed by atoms with Gasteiger partial charge in [0.2, 0.25) is 0 Å². The maximum Gasteiger partial charge on any atom is 0.277 e. The van der Waals surface area contributed by atoms with Gasteiger partial charge in [-0.2, -0.15) is 0 Å². The summed E-state index contributed by atoms with van der Waals surface area (Å²) in [4.78, 5) is 27.2. The Kier molecular flexibility index (Phi) is 3.95. The van der Waals surface area contributed by atoms with Crippen LogP contribution in [-0.2, 0) is 0 Å². The van der Waals surface area contributed by atoms with Crippen molar-refractivity contribution >= 4 is 17.3 Å². The Bertz CT molecular complexity index is 1480. The van der Waals surface area contributed by atoms with Crippen LogP contribution in [0.2, 0.25) is 0 Å². The zero-order chi connectivity index (χ0) is 21.8. The topological polar surface area (TPSA) is 76.1 Å². The Labute approximate surface area is 183 Å². The molecule has 0 saturated heterocycles. The SMILES string of the molecule is COc1cccc([C@@H]2C3=C(Nc4[nH]n(-c5ccccc5)c(=O)c42)c2ccccc2C3=O)c1. The van der Waals surface area contributed by atoms with Crippen LogP contribution >= 0.6 is 0 Å². The van der Waals surface area contributed by atoms with Gasteiger partial charge in [0.05, 0.1) is 24.1 Å². The molecule has 1 atom stereocenters. The molecular formula is C26H19N3O3. The van der Waals surface area contributed by atoms with Crippen LogP contribution in [0, 0.1) is 0 Å². The van der Waals surface area contributed by atoms with E-state index in [2.05, 4.69) is 10.4 Å². The third-order valence-corrected chi connectivity index (χ3v) is 6.15. The first kappa shape index (κ1) is 18.4. The molecule has 0 bridgehead atoms. The van der Waals surface area contributed by atoms with E-state index in [4.69, 9.17) is 4.74 Å². The van der Waals surface area contributed by atoms with Crippen LogP contribution in [0.1, 0.15) is 33.0 Å². The van der Waals surface area contributed by atoms with Crippen LogP contribution in [-0.4, -0.2) is 22.7 Å². The van der Waals surface area contributed by atoms with Crippen LogP contribution in [0.3, 0.4) is 0 Å². The number of anilines is 1. The van der Waals surface area contributed by atoms with Crippen LogP contribution in [0.4, 0.5) is 5.82 Å². The number of para-hydroxylation sites is 1. The van der Waals surface area contributed by atoms with Crippen molar-refractivity contribution in [2.45, 2.75) is 5.92 Å². The molecular weight excluding hydrogens is 402 g/mol. The molecule has 1 aliphatic heterocycles. The summed E-state index contributed by atoms with van der Waals surface area (Å²) in [6, 6.07) is 24.5. The van der Waals surface area contributed by atoms with Gasteiger partial charge in [0, 0.05) is 22.6 Å². The van der Waals surface area contributed by atoms with Gasteiger partial charge in [-0.3, -0.25) is 14.7 Å². The number of aromatic nitrogens is 2. The largest absolute Gasteiger partial charge is 0.497 e. The highest BCUT2D eigenvalue weighted by atomic mass is 16.5. The maximum absolute atomic E-state index is 13.6. The van der Waals surface area contributed by atoms with Gasteiger partial charge in [-0.1, -0.05) is 54.6 Å². The van der Waals surface area contributed by atoms with Crippen molar-refractivity contribution in [2.75, 3.05) is 12.4 Å². The summed E-state index contributed by atoms with van der Waals surface area (Å²) >= 11 is 0. The van der Waals surface area contributed by atoms with E-state index in [0.717, 1.165) is 22.5 Å². The summed E-state index contributed by atoms with van der Waals surface area (Å²) in [5, 5.41) is 6.58. The minimum absolute atomic E-state index is 0.0616. The molecule has 0 radical (unpaired) electrons. The molecule has 1 aromatic heterocycles. The number of benzene rings is 3. The van der Waals surface area contributed by atoms with E-state index in [1.807, 2.05) is 78.9 Å². The monoisotopic (exact) mass is 421 g/mol. The Morgan fingerprint density at radius 3 is 2.41 bits per heavy atom. The Hall–Kier alpha value is -4.32. The van der Waals surface area contributed by atoms with E-state index >= 15 is 0 Å². The fourth-order valence-corrected chi connectivity index (χ4v) is 4.71. The van der Waals surface area contributed by atoms with E-state index < -0.39 is 5.92 Å². The molecule has 6 heteroatoms. The number of ketones is 1. The molecule has 0 fully saturated rings. The fourth-order valence-electron chi connectivity index (χ4n) is 4.71. The van der Waals surface area contributed by atoms with E-state index in [1.54, 1.807) is 7.11 Å². The second-order valence-electron chi connectivity index (χ2n) is 7.87. The highest BCUT2D eigenvalue weighted by Crippen LogP contribution is 2.48. The molecule has 156 valence electrons. The molecule has 2 aliphatic rings. The number of aromatic amines is 1. The highest BCUT2D eigenvalue weighted by Gasteiger charge is 2.42. The van der Waals surface area contributed by atoms with Gasteiger partial charge in [0.15, 0.2) is 5.78 Å². The lowest BCUT2D eigenvalue weighted by molar-refractivity contribution is 0.103. The quantitative estimate of drug-likeness (QED) is 0.516. The summed E-state index contributed by atoms with van der Waals surface area (Å²) in [7, 11) is 1.60. The van der Waals surface area contributed by atoms with Gasteiger partial charge in [-0.15, -0.1) is 0 Å². The maximum atomic E-state index is 13.6. The Balaban J connectivity index is 1.63. The first-order chi connectivity index (χ1) is 15.7. The summed E-state index contributed by atoms with van der Waals surface area (Å²) in [6.07, 6.45) is 0. The van der Waals surface area contributed by atoms with Gasteiger partial charge in [-0.05, 0) is 29.8 Å². The van der Waals surface area contributed by atoms with Crippen LogP contribution in [0.5, 0.6) is 5.75 Å². The number of ether oxygens (including phenoxy) is 1. The Morgan fingerprint density at radius 2 is 1.62 bits per heavy atom. The van der Waals surface area contributed by atoms with Gasteiger partial charge < -0.3 is 10.1 Å². The fraction of sp³-hybridized carbons (Fsp3) is 0.0769. The van der Waals surface area contributed by atoms with Crippen molar-refractivity contribution in [3.8, 4) is 11.4 Å². The molecule has 2 heterocycles. The number of hydrogen-bond acceptors (Lipinski definition) is 4. The van der Waals surface area contributed by atoms with Gasteiger partial charge in [0.1, 0.15) is 11.6 Å². The van der Waals surface area contributed by atoms with Crippen molar-refractivity contribution in [3.63, 3.8) is 0 Å². The first-order valence-electron chi connectivity index (χ1n) is 10.4.